The Morgan fingerprint density at radius 1 is 0.719 bits per heavy atom. The van der Waals surface area contributed by atoms with E-state index in [1.54, 1.807) is 30.3 Å². The number of amides is 1. The molecular formula is C25H21N3O3S. The maximum atomic E-state index is 13.2. The smallest absolute Gasteiger partial charge is 0.263 e. The number of carbonyl (C=O) groups is 1. The normalized spacial score (nSPS) is 11.2. The summed E-state index contributed by atoms with van der Waals surface area (Å²) in [5.74, 6) is -0.463. The Morgan fingerprint density at radius 3 is 1.81 bits per heavy atom. The zero-order chi connectivity index (χ0) is 22.4. The fourth-order valence-electron chi connectivity index (χ4n) is 3.34. The van der Waals surface area contributed by atoms with Gasteiger partial charge in [-0.3, -0.25) is 9.52 Å². The predicted molar refractivity (Wildman–Crippen MR) is 125 cm³/mol. The lowest BCUT2D eigenvalue weighted by molar-refractivity contribution is -0.116. The molecule has 0 saturated carbocycles. The van der Waals surface area contributed by atoms with Crippen molar-refractivity contribution in [2.24, 2.45) is 0 Å². The quantitative estimate of drug-likeness (QED) is 0.435. The first kappa shape index (κ1) is 21.3. The van der Waals surface area contributed by atoms with Crippen molar-refractivity contribution < 1.29 is 13.2 Å². The second kappa shape index (κ2) is 9.45. The predicted octanol–water partition coefficient (Wildman–Crippen LogP) is 4.65. The Balaban J connectivity index is 1.54. The number of anilines is 2. The van der Waals surface area contributed by atoms with Crippen LogP contribution in [0, 0.1) is 0 Å². The maximum absolute atomic E-state index is 13.2. The molecule has 0 bridgehead atoms. The Labute approximate surface area is 187 Å². The van der Waals surface area contributed by atoms with Crippen molar-refractivity contribution in [3.05, 3.63) is 120 Å². The van der Waals surface area contributed by atoms with E-state index in [9.17, 15) is 13.2 Å². The average molecular weight is 444 g/mol. The summed E-state index contributed by atoms with van der Waals surface area (Å²) in [6, 6.07) is 30.0. The molecule has 0 aliphatic rings. The minimum Gasteiger partial charge on any atom is -0.325 e. The number of sulfonamides is 1. The van der Waals surface area contributed by atoms with E-state index in [2.05, 4.69) is 15.0 Å². The summed E-state index contributed by atoms with van der Waals surface area (Å²) in [5.41, 5.74) is 2.24. The summed E-state index contributed by atoms with van der Waals surface area (Å²) >= 11 is 0. The molecule has 0 fully saturated rings. The van der Waals surface area contributed by atoms with Gasteiger partial charge < -0.3 is 5.32 Å². The third-order valence-corrected chi connectivity index (χ3v) is 6.23. The molecule has 32 heavy (non-hydrogen) atoms. The van der Waals surface area contributed by atoms with E-state index >= 15 is 0 Å². The summed E-state index contributed by atoms with van der Waals surface area (Å²) in [6.45, 7) is 0. The topological polar surface area (TPSA) is 88.2 Å². The van der Waals surface area contributed by atoms with Crippen LogP contribution in [0.4, 0.5) is 11.5 Å². The lowest BCUT2D eigenvalue weighted by Crippen LogP contribution is -2.22. The third kappa shape index (κ3) is 5.01. The Morgan fingerprint density at radius 2 is 1.28 bits per heavy atom. The molecule has 4 rings (SSSR count). The van der Waals surface area contributed by atoms with Gasteiger partial charge in [0, 0.05) is 11.9 Å². The van der Waals surface area contributed by atoms with Crippen molar-refractivity contribution in [3.63, 3.8) is 0 Å². The van der Waals surface area contributed by atoms with Crippen LogP contribution < -0.4 is 10.0 Å². The number of pyridine rings is 1. The molecule has 0 atom stereocenters. The van der Waals surface area contributed by atoms with E-state index in [0.29, 0.717) is 5.69 Å². The zero-order valence-electron chi connectivity index (χ0n) is 17.0. The van der Waals surface area contributed by atoms with E-state index in [1.807, 2.05) is 60.7 Å². The number of carbonyl (C=O) groups excluding carboxylic acids is 1. The molecule has 1 aromatic heterocycles. The van der Waals surface area contributed by atoms with E-state index in [1.165, 1.54) is 18.3 Å². The molecule has 1 heterocycles. The molecular weight excluding hydrogens is 422 g/mol. The molecule has 160 valence electrons. The van der Waals surface area contributed by atoms with Crippen LogP contribution in [0.3, 0.4) is 0 Å². The van der Waals surface area contributed by atoms with Crippen LogP contribution in [0.5, 0.6) is 0 Å². The summed E-state index contributed by atoms with van der Waals surface area (Å²) in [7, 11) is -3.79. The largest absolute Gasteiger partial charge is 0.325 e. The van der Waals surface area contributed by atoms with Gasteiger partial charge in [-0.2, -0.15) is 0 Å². The van der Waals surface area contributed by atoms with Crippen LogP contribution in [-0.4, -0.2) is 19.3 Å². The van der Waals surface area contributed by atoms with Crippen molar-refractivity contribution in [2.45, 2.75) is 10.8 Å². The van der Waals surface area contributed by atoms with Gasteiger partial charge in [0.05, 0.1) is 10.8 Å². The summed E-state index contributed by atoms with van der Waals surface area (Å²) < 4.78 is 27.6. The monoisotopic (exact) mass is 443 g/mol. The number of hydrogen-bond acceptors (Lipinski definition) is 4. The molecule has 4 aromatic rings. The van der Waals surface area contributed by atoms with Gasteiger partial charge in [0.2, 0.25) is 5.91 Å². The highest BCUT2D eigenvalue weighted by molar-refractivity contribution is 7.92. The number of hydrogen-bond donors (Lipinski definition) is 2. The molecule has 1 amide bonds. The van der Waals surface area contributed by atoms with Gasteiger partial charge in [-0.1, -0.05) is 66.7 Å². The van der Waals surface area contributed by atoms with Crippen LogP contribution in [0.2, 0.25) is 0 Å². The van der Waals surface area contributed by atoms with Crippen LogP contribution >= 0.6 is 0 Å². The van der Waals surface area contributed by atoms with Crippen LogP contribution in [-0.2, 0) is 14.8 Å². The number of rotatable bonds is 7. The number of nitrogens with one attached hydrogen (secondary N) is 2. The molecule has 0 unspecified atom stereocenters. The molecule has 6 nitrogen and oxygen atoms in total. The van der Waals surface area contributed by atoms with E-state index < -0.39 is 15.9 Å². The molecule has 0 spiro atoms. The van der Waals surface area contributed by atoms with Crippen LogP contribution in [0.15, 0.2) is 114 Å². The zero-order valence-corrected chi connectivity index (χ0v) is 17.9. The van der Waals surface area contributed by atoms with Crippen molar-refractivity contribution in [1.29, 1.82) is 0 Å². The minimum atomic E-state index is -3.79. The Bertz CT molecular complexity index is 1240. The van der Waals surface area contributed by atoms with Gasteiger partial charge in [-0.15, -0.1) is 0 Å². The number of benzene rings is 3. The maximum Gasteiger partial charge on any atom is 0.263 e. The van der Waals surface area contributed by atoms with Crippen molar-refractivity contribution >= 4 is 27.4 Å². The van der Waals surface area contributed by atoms with Gasteiger partial charge in [0.15, 0.2) is 0 Å². The molecule has 0 saturated heterocycles. The van der Waals surface area contributed by atoms with Gasteiger partial charge in [-0.05, 0) is 47.5 Å². The van der Waals surface area contributed by atoms with Gasteiger partial charge in [0.1, 0.15) is 5.82 Å². The van der Waals surface area contributed by atoms with Crippen molar-refractivity contribution in [1.82, 2.24) is 4.98 Å². The number of nitrogens with zero attached hydrogens (tertiary/aromatic N) is 1. The lowest BCUT2D eigenvalue weighted by atomic mass is 9.90. The van der Waals surface area contributed by atoms with Crippen molar-refractivity contribution in [3.8, 4) is 0 Å². The lowest BCUT2D eigenvalue weighted by Gasteiger charge is -2.18. The molecule has 0 aliphatic heterocycles. The first-order chi connectivity index (χ1) is 15.5. The van der Waals surface area contributed by atoms with Crippen LogP contribution in [0.1, 0.15) is 17.0 Å². The fraction of sp³-hybridized carbons (Fsp3) is 0.0400. The molecule has 7 heteroatoms. The molecule has 3 aromatic carbocycles. The summed E-state index contributed by atoms with van der Waals surface area (Å²) in [4.78, 5) is 17.2. The van der Waals surface area contributed by atoms with Gasteiger partial charge in [0.25, 0.3) is 10.0 Å². The highest BCUT2D eigenvalue weighted by Crippen LogP contribution is 2.26. The highest BCUT2D eigenvalue weighted by atomic mass is 32.2. The van der Waals surface area contributed by atoms with E-state index in [4.69, 9.17) is 0 Å². The van der Waals surface area contributed by atoms with E-state index in [-0.39, 0.29) is 16.6 Å². The van der Waals surface area contributed by atoms with E-state index in [0.717, 1.165) is 11.1 Å². The molecule has 0 aliphatic carbocycles. The second-order valence-corrected chi connectivity index (χ2v) is 8.77. The minimum absolute atomic E-state index is 0.0730. The Kier molecular flexibility index (Phi) is 6.28. The van der Waals surface area contributed by atoms with Crippen molar-refractivity contribution in [2.75, 3.05) is 10.0 Å². The fourth-order valence-corrected chi connectivity index (χ4v) is 4.35. The van der Waals surface area contributed by atoms with Gasteiger partial charge >= 0.3 is 0 Å². The van der Waals surface area contributed by atoms with Gasteiger partial charge in [-0.25, -0.2) is 13.4 Å². The standard InChI is InChI=1S/C25H21N3O3S/c29-25(24(19-9-3-1-4-10-19)20-11-5-2-6-12-20)27-21-14-16-22(17-15-21)32(30,31)28-23-13-7-8-18-26-23/h1-18,24H,(H,26,28)(H,27,29). The molecule has 2 N–H and O–H groups in total. The second-order valence-electron chi connectivity index (χ2n) is 7.09. The number of aromatic nitrogens is 1. The van der Waals surface area contributed by atoms with Crippen LogP contribution in [0.25, 0.3) is 0 Å². The average Bonchev–Trinajstić information content (AvgIpc) is 2.81. The summed E-state index contributed by atoms with van der Waals surface area (Å²) in [5, 5.41) is 2.90. The molecule has 0 radical (unpaired) electrons. The third-order valence-electron chi connectivity index (χ3n) is 4.86. The first-order valence-corrected chi connectivity index (χ1v) is 11.5. The summed E-state index contributed by atoms with van der Waals surface area (Å²) in [6.07, 6.45) is 1.51. The Hall–Kier alpha value is -3.97. The first-order valence-electron chi connectivity index (χ1n) is 9.97. The highest BCUT2D eigenvalue weighted by Gasteiger charge is 2.23. The SMILES string of the molecule is O=C(Nc1ccc(S(=O)(=O)Nc2ccccn2)cc1)C(c1ccccc1)c1ccccc1.